The number of rotatable bonds is 5. The van der Waals surface area contributed by atoms with Crippen molar-refractivity contribution in [1.82, 2.24) is 0 Å². The van der Waals surface area contributed by atoms with Gasteiger partial charge in [-0.3, -0.25) is 4.72 Å². The Kier molecular flexibility index (Phi) is 4.07. The van der Waals surface area contributed by atoms with Gasteiger partial charge in [-0.05, 0) is 12.1 Å². The van der Waals surface area contributed by atoms with Gasteiger partial charge in [-0.25, -0.2) is 8.42 Å². The highest BCUT2D eigenvalue weighted by molar-refractivity contribution is 7.92. The van der Waals surface area contributed by atoms with Crippen LogP contribution in [0.5, 0.6) is 0 Å². The molecule has 0 bridgehead atoms. The Morgan fingerprint density at radius 3 is 2.47 bits per heavy atom. The maximum absolute atomic E-state index is 11.4. The minimum Gasteiger partial charge on any atom is -0.379 e. The Hall–Kier alpha value is -1.11. The van der Waals surface area contributed by atoms with Crippen molar-refractivity contribution in [2.45, 2.75) is 12.6 Å². The molecule has 1 rings (SSSR count). The van der Waals surface area contributed by atoms with E-state index in [0.29, 0.717) is 5.69 Å². The second kappa shape index (κ2) is 5.11. The first-order chi connectivity index (χ1) is 6.99. The Bertz CT molecular complexity index is 389. The molecule has 5 nitrogen and oxygen atoms in total. The summed E-state index contributed by atoms with van der Waals surface area (Å²) in [6.07, 6.45) is -1.08. The molecule has 0 saturated heterocycles. The SMILES string of the molecule is NC(O)CCS(=O)(=O)Nc1ccccc1. The van der Waals surface area contributed by atoms with Crippen molar-refractivity contribution in [3.05, 3.63) is 30.3 Å². The molecule has 0 radical (unpaired) electrons. The number of para-hydroxylation sites is 1. The minimum atomic E-state index is -3.42. The zero-order valence-electron chi connectivity index (χ0n) is 8.13. The third kappa shape index (κ3) is 4.78. The molecule has 0 aliphatic rings. The summed E-state index contributed by atoms with van der Waals surface area (Å²) in [7, 11) is -3.42. The van der Waals surface area contributed by atoms with Crippen LogP contribution in [0.1, 0.15) is 6.42 Å². The van der Waals surface area contributed by atoms with Crippen molar-refractivity contribution in [3.8, 4) is 0 Å². The van der Waals surface area contributed by atoms with Gasteiger partial charge in [0, 0.05) is 12.1 Å². The summed E-state index contributed by atoms with van der Waals surface area (Å²) in [5.41, 5.74) is 5.56. The summed E-state index contributed by atoms with van der Waals surface area (Å²) in [5.74, 6) is -0.195. The van der Waals surface area contributed by atoms with Gasteiger partial charge in [0.25, 0.3) is 0 Å². The van der Waals surface area contributed by atoms with Crippen molar-refractivity contribution in [2.75, 3.05) is 10.5 Å². The Labute approximate surface area is 89.0 Å². The van der Waals surface area contributed by atoms with Gasteiger partial charge < -0.3 is 10.8 Å². The second-order valence-electron chi connectivity index (χ2n) is 3.14. The van der Waals surface area contributed by atoms with E-state index < -0.39 is 16.3 Å². The average Bonchev–Trinajstić information content (AvgIpc) is 2.16. The van der Waals surface area contributed by atoms with Crippen LogP contribution in [0.25, 0.3) is 0 Å². The number of aliphatic hydroxyl groups is 1. The average molecular weight is 230 g/mol. The standard InChI is InChI=1S/C9H14N2O3S/c10-9(12)6-7-15(13,14)11-8-4-2-1-3-5-8/h1-5,9,11-12H,6-7,10H2. The number of sulfonamides is 1. The molecule has 84 valence electrons. The summed E-state index contributed by atoms with van der Waals surface area (Å²) >= 11 is 0. The van der Waals surface area contributed by atoms with Gasteiger partial charge in [0.2, 0.25) is 10.0 Å². The lowest BCUT2D eigenvalue weighted by atomic mass is 10.3. The van der Waals surface area contributed by atoms with Gasteiger partial charge in [0.15, 0.2) is 0 Å². The van der Waals surface area contributed by atoms with E-state index >= 15 is 0 Å². The molecule has 0 heterocycles. The number of nitrogens with one attached hydrogen (secondary N) is 1. The molecule has 0 spiro atoms. The van der Waals surface area contributed by atoms with Crippen LogP contribution in [-0.2, 0) is 10.0 Å². The topological polar surface area (TPSA) is 92.4 Å². The van der Waals surface area contributed by atoms with Crippen LogP contribution in [0, 0.1) is 0 Å². The van der Waals surface area contributed by atoms with Crippen LogP contribution in [0.2, 0.25) is 0 Å². The first kappa shape index (κ1) is 12.0. The number of aliphatic hydroxyl groups excluding tert-OH is 1. The highest BCUT2D eigenvalue weighted by Gasteiger charge is 2.11. The molecule has 1 aromatic carbocycles. The zero-order chi connectivity index (χ0) is 11.3. The van der Waals surface area contributed by atoms with Crippen LogP contribution in [0.3, 0.4) is 0 Å². The van der Waals surface area contributed by atoms with Gasteiger partial charge in [0.05, 0.1) is 5.75 Å². The van der Waals surface area contributed by atoms with Crippen molar-refractivity contribution >= 4 is 15.7 Å². The van der Waals surface area contributed by atoms with Crippen LogP contribution >= 0.6 is 0 Å². The van der Waals surface area contributed by atoms with Crippen LogP contribution < -0.4 is 10.5 Å². The number of hydrogen-bond donors (Lipinski definition) is 3. The normalized spacial score (nSPS) is 13.5. The van der Waals surface area contributed by atoms with Crippen molar-refractivity contribution in [2.24, 2.45) is 5.73 Å². The minimum absolute atomic E-state index is 0.0160. The lowest BCUT2D eigenvalue weighted by molar-refractivity contribution is 0.179. The summed E-state index contributed by atoms with van der Waals surface area (Å²) in [5, 5.41) is 8.77. The molecule has 1 atom stereocenters. The van der Waals surface area contributed by atoms with Gasteiger partial charge in [-0.2, -0.15) is 0 Å². The molecule has 0 aliphatic heterocycles. The molecule has 6 heteroatoms. The fraction of sp³-hybridized carbons (Fsp3) is 0.333. The van der Waals surface area contributed by atoms with E-state index in [1.54, 1.807) is 30.3 Å². The third-order valence-corrected chi connectivity index (χ3v) is 3.05. The predicted molar refractivity (Wildman–Crippen MR) is 58.7 cm³/mol. The molecule has 4 N–H and O–H groups in total. The molecule has 0 aromatic heterocycles. The highest BCUT2D eigenvalue weighted by atomic mass is 32.2. The maximum Gasteiger partial charge on any atom is 0.232 e. The molecule has 1 unspecified atom stereocenters. The van der Waals surface area contributed by atoms with Gasteiger partial charge in [-0.15, -0.1) is 0 Å². The van der Waals surface area contributed by atoms with Crippen LogP contribution in [0.15, 0.2) is 30.3 Å². The smallest absolute Gasteiger partial charge is 0.232 e. The van der Waals surface area contributed by atoms with E-state index in [-0.39, 0.29) is 12.2 Å². The maximum atomic E-state index is 11.4. The largest absolute Gasteiger partial charge is 0.379 e. The van der Waals surface area contributed by atoms with Gasteiger partial charge in [0.1, 0.15) is 6.23 Å². The molecule has 0 saturated carbocycles. The Balaban J connectivity index is 2.57. The molecule has 1 aromatic rings. The van der Waals surface area contributed by atoms with E-state index in [4.69, 9.17) is 10.8 Å². The lowest BCUT2D eigenvalue weighted by Gasteiger charge is -2.08. The summed E-state index contributed by atoms with van der Waals surface area (Å²) < 4.78 is 25.2. The lowest BCUT2D eigenvalue weighted by Crippen LogP contribution is -2.25. The molecular weight excluding hydrogens is 216 g/mol. The molecule has 0 aliphatic carbocycles. The van der Waals surface area contributed by atoms with E-state index in [2.05, 4.69) is 4.72 Å². The summed E-state index contributed by atoms with van der Waals surface area (Å²) in [4.78, 5) is 0. The third-order valence-electron chi connectivity index (χ3n) is 1.73. The van der Waals surface area contributed by atoms with E-state index in [9.17, 15) is 8.42 Å². The van der Waals surface area contributed by atoms with Gasteiger partial charge in [-0.1, -0.05) is 18.2 Å². The first-order valence-electron chi connectivity index (χ1n) is 4.49. The number of anilines is 1. The second-order valence-corrected chi connectivity index (χ2v) is 4.98. The van der Waals surface area contributed by atoms with E-state index in [1.807, 2.05) is 0 Å². The summed E-state index contributed by atoms with van der Waals surface area (Å²) in [6.45, 7) is 0. The zero-order valence-corrected chi connectivity index (χ0v) is 8.94. The van der Waals surface area contributed by atoms with Crippen molar-refractivity contribution in [3.63, 3.8) is 0 Å². The van der Waals surface area contributed by atoms with E-state index in [1.165, 1.54) is 0 Å². The fourth-order valence-electron chi connectivity index (χ4n) is 1.01. The Morgan fingerprint density at radius 1 is 1.33 bits per heavy atom. The van der Waals surface area contributed by atoms with E-state index in [0.717, 1.165) is 0 Å². The Morgan fingerprint density at radius 2 is 1.93 bits per heavy atom. The quantitative estimate of drug-likeness (QED) is 0.625. The number of benzene rings is 1. The molecule has 0 fully saturated rings. The first-order valence-corrected chi connectivity index (χ1v) is 6.14. The molecule has 0 amide bonds. The molecule has 15 heavy (non-hydrogen) atoms. The van der Waals surface area contributed by atoms with Crippen LogP contribution in [0.4, 0.5) is 5.69 Å². The van der Waals surface area contributed by atoms with Crippen molar-refractivity contribution < 1.29 is 13.5 Å². The predicted octanol–water partition coefficient (Wildman–Crippen LogP) is 0.0955. The number of hydrogen-bond acceptors (Lipinski definition) is 4. The van der Waals surface area contributed by atoms with Gasteiger partial charge >= 0.3 is 0 Å². The fourth-order valence-corrected chi connectivity index (χ4v) is 2.16. The summed E-state index contributed by atoms with van der Waals surface area (Å²) in [6, 6.07) is 8.56. The number of nitrogens with two attached hydrogens (primary N) is 1. The van der Waals surface area contributed by atoms with Crippen LogP contribution in [-0.4, -0.2) is 25.5 Å². The highest BCUT2D eigenvalue weighted by Crippen LogP contribution is 2.08. The molecular formula is C9H14N2O3S. The monoisotopic (exact) mass is 230 g/mol. The van der Waals surface area contributed by atoms with Crippen molar-refractivity contribution in [1.29, 1.82) is 0 Å².